The van der Waals surface area contributed by atoms with E-state index in [1.807, 2.05) is 24.3 Å². The Morgan fingerprint density at radius 3 is 2.58 bits per heavy atom. The zero-order valence-electron chi connectivity index (χ0n) is 11.1. The van der Waals surface area contributed by atoms with E-state index in [1.54, 1.807) is 0 Å². The maximum absolute atomic E-state index is 10.9. The minimum atomic E-state index is -0.740. The van der Waals surface area contributed by atoms with Crippen molar-refractivity contribution in [1.29, 1.82) is 0 Å². The number of carboxylic acid groups (broad SMARTS) is 1. The van der Waals surface area contributed by atoms with E-state index in [4.69, 9.17) is 5.11 Å². The molecule has 5 heteroatoms. The number of carbonyl (C=O) groups excluding carboxylic acids is 1. The molecule has 0 unspecified atom stereocenters. The minimum absolute atomic E-state index is 0.0918. The lowest BCUT2D eigenvalue weighted by Gasteiger charge is -2.08. The second-order valence-electron chi connectivity index (χ2n) is 4.39. The molecule has 1 aromatic rings. The molecule has 0 fully saturated rings. The molecule has 1 aromatic carbocycles. The van der Waals surface area contributed by atoms with Crippen LogP contribution in [-0.2, 0) is 9.59 Å². The Kier molecular flexibility index (Phi) is 6.43. The summed E-state index contributed by atoms with van der Waals surface area (Å²) in [7, 11) is 0. The SMILES string of the molecule is CC(=O)Nc1cccc(NCCCCCC(=O)O)c1. The zero-order valence-corrected chi connectivity index (χ0v) is 11.1. The normalized spacial score (nSPS) is 9.95. The molecule has 3 N–H and O–H groups in total. The van der Waals surface area contributed by atoms with Crippen LogP contribution in [-0.4, -0.2) is 23.5 Å². The predicted octanol–water partition coefficient (Wildman–Crippen LogP) is 2.70. The van der Waals surface area contributed by atoms with Crippen LogP contribution in [0.3, 0.4) is 0 Å². The number of anilines is 2. The van der Waals surface area contributed by atoms with Gasteiger partial charge in [0.2, 0.25) is 5.91 Å². The Bertz CT molecular complexity index is 432. The number of unbranched alkanes of at least 4 members (excludes halogenated alkanes) is 2. The number of nitrogens with one attached hydrogen (secondary N) is 2. The van der Waals surface area contributed by atoms with Crippen molar-refractivity contribution in [3.05, 3.63) is 24.3 Å². The molecular weight excluding hydrogens is 244 g/mol. The van der Waals surface area contributed by atoms with Crippen LogP contribution in [0.5, 0.6) is 0 Å². The number of carboxylic acids is 1. The highest BCUT2D eigenvalue weighted by atomic mass is 16.4. The quantitative estimate of drug-likeness (QED) is 0.631. The Balaban J connectivity index is 2.25. The van der Waals surface area contributed by atoms with Gasteiger partial charge in [-0.25, -0.2) is 0 Å². The monoisotopic (exact) mass is 264 g/mol. The summed E-state index contributed by atoms with van der Waals surface area (Å²) in [5, 5.41) is 14.5. The molecule has 0 saturated heterocycles. The topological polar surface area (TPSA) is 78.4 Å². The van der Waals surface area contributed by atoms with Crippen molar-refractivity contribution < 1.29 is 14.7 Å². The fourth-order valence-corrected chi connectivity index (χ4v) is 1.72. The molecule has 1 amide bonds. The van der Waals surface area contributed by atoms with Crippen LogP contribution in [0.25, 0.3) is 0 Å². The number of carbonyl (C=O) groups is 2. The molecule has 0 aliphatic rings. The average Bonchev–Trinajstić information content (AvgIpc) is 2.33. The summed E-state index contributed by atoms with van der Waals surface area (Å²) in [4.78, 5) is 21.3. The van der Waals surface area contributed by atoms with Crippen LogP contribution in [0.1, 0.15) is 32.6 Å². The number of amides is 1. The van der Waals surface area contributed by atoms with Crippen molar-refractivity contribution >= 4 is 23.3 Å². The lowest BCUT2D eigenvalue weighted by atomic mass is 10.2. The van der Waals surface area contributed by atoms with E-state index in [-0.39, 0.29) is 12.3 Å². The minimum Gasteiger partial charge on any atom is -0.481 e. The molecule has 1 rings (SSSR count). The van der Waals surface area contributed by atoms with Crippen LogP contribution >= 0.6 is 0 Å². The summed E-state index contributed by atoms with van der Waals surface area (Å²) in [6, 6.07) is 7.51. The highest BCUT2D eigenvalue weighted by Crippen LogP contribution is 2.15. The second-order valence-corrected chi connectivity index (χ2v) is 4.39. The highest BCUT2D eigenvalue weighted by Gasteiger charge is 1.98. The molecule has 0 radical (unpaired) electrons. The molecule has 0 aliphatic carbocycles. The molecule has 0 aliphatic heterocycles. The van der Waals surface area contributed by atoms with Crippen LogP contribution in [0.4, 0.5) is 11.4 Å². The molecule has 104 valence electrons. The van der Waals surface area contributed by atoms with Crippen LogP contribution < -0.4 is 10.6 Å². The largest absolute Gasteiger partial charge is 0.481 e. The van der Waals surface area contributed by atoms with Gasteiger partial charge in [0.1, 0.15) is 0 Å². The Hall–Kier alpha value is -2.04. The molecule has 0 heterocycles. The van der Waals surface area contributed by atoms with Crippen LogP contribution in [0.2, 0.25) is 0 Å². The summed E-state index contributed by atoms with van der Waals surface area (Å²) < 4.78 is 0. The summed E-state index contributed by atoms with van der Waals surface area (Å²) in [5.74, 6) is -0.832. The smallest absolute Gasteiger partial charge is 0.303 e. The number of rotatable bonds is 8. The zero-order chi connectivity index (χ0) is 14.1. The van der Waals surface area contributed by atoms with Gasteiger partial charge in [-0.1, -0.05) is 12.5 Å². The van der Waals surface area contributed by atoms with Crippen molar-refractivity contribution in [3.8, 4) is 0 Å². The Morgan fingerprint density at radius 2 is 1.89 bits per heavy atom. The van der Waals surface area contributed by atoms with E-state index in [2.05, 4.69) is 10.6 Å². The van der Waals surface area contributed by atoms with Crippen molar-refractivity contribution in [2.24, 2.45) is 0 Å². The molecule has 5 nitrogen and oxygen atoms in total. The first-order chi connectivity index (χ1) is 9.08. The van der Waals surface area contributed by atoms with Gasteiger partial charge in [0.05, 0.1) is 0 Å². The summed E-state index contributed by atoms with van der Waals surface area (Å²) in [6.45, 7) is 2.27. The van der Waals surface area contributed by atoms with Crippen molar-refractivity contribution in [3.63, 3.8) is 0 Å². The van der Waals surface area contributed by atoms with Crippen LogP contribution in [0, 0.1) is 0 Å². The summed E-state index contributed by atoms with van der Waals surface area (Å²) in [5.41, 5.74) is 1.72. The molecule has 0 saturated carbocycles. The average molecular weight is 264 g/mol. The van der Waals surface area contributed by atoms with Gasteiger partial charge in [-0.15, -0.1) is 0 Å². The van der Waals surface area contributed by atoms with Crippen molar-refractivity contribution in [1.82, 2.24) is 0 Å². The highest BCUT2D eigenvalue weighted by molar-refractivity contribution is 5.89. The first kappa shape index (κ1) is 15.0. The van der Waals surface area contributed by atoms with Crippen LogP contribution in [0.15, 0.2) is 24.3 Å². The number of hydrogen-bond acceptors (Lipinski definition) is 3. The lowest BCUT2D eigenvalue weighted by Crippen LogP contribution is -2.07. The maximum atomic E-state index is 10.9. The molecule has 0 bridgehead atoms. The first-order valence-corrected chi connectivity index (χ1v) is 6.41. The van der Waals surface area contributed by atoms with Gasteiger partial charge in [-0.3, -0.25) is 9.59 Å². The third-order valence-electron chi connectivity index (χ3n) is 2.58. The third-order valence-corrected chi connectivity index (χ3v) is 2.58. The van der Waals surface area contributed by atoms with Crippen molar-refractivity contribution in [2.45, 2.75) is 32.6 Å². The maximum Gasteiger partial charge on any atom is 0.303 e. The van der Waals surface area contributed by atoms with Crippen molar-refractivity contribution in [2.75, 3.05) is 17.2 Å². The van der Waals surface area contributed by atoms with Gasteiger partial charge in [-0.05, 0) is 31.0 Å². The molecule has 0 aromatic heterocycles. The second kappa shape index (κ2) is 8.13. The van der Waals surface area contributed by atoms with Gasteiger partial charge < -0.3 is 15.7 Å². The fourth-order valence-electron chi connectivity index (χ4n) is 1.72. The molecule has 19 heavy (non-hydrogen) atoms. The molecule has 0 atom stereocenters. The number of aliphatic carboxylic acids is 1. The number of hydrogen-bond donors (Lipinski definition) is 3. The third kappa shape index (κ3) is 7.08. The molecular formula is C14H20N2O3. The van der Waals surface area contributed by atoms with E-state index in [9.17, 15) is 9.59 Å². The summed E-state index contributed by atoms with van der Waals surface area (Å²) in [6.07, 6.45) is 2.77. The van der Waals surface area contributed by atoms with Gasteiger partial charge in [-0.2, -0.15) is 0 Å². The summed E-state index contributed by atoms with van der Waals surface area (Å²) >= 11 is 0. The lowest BCUT2D eigenvalue weighted by molar-refractivity contribution is -0.137. The molecule has 0 spiro atoms. The van der Waals surface area contributed by atoms with Gasteiger partial charge in [0, 0.05) is 31.3 Å². The first-order valence-electron chi connectivity index (χ1n) is 6.41. The van der Waals surface area contributed by atoms with E-state index >= 15 is 0 Å². The Labute approximate surface area is 113 Å². The predicted molar refractivity (Wildman–Crippen MR) is 75.3 cm³/mol. The fraction of sp³-hybridized carbons (Fsp3) is 0.429. The standard InChI is InChI=1S/C14H20N2O3/c1-11(17)16-13-7-5-6-12(10-13)15-9-4-2-3-8-14(18)19/h5-7,10,15H,2-4,8-9H2,1H3,(H,16,17)(H,18,19). The van der Waals surface area contributed by atoms with Gasteiger partial charge in [0.25, 0.3) is 0 Å². The van der Waals surface area contributed by atoms with E-state index < -0.39 is 5.97 Å². The van der Waals surface area contributed by atoms with Gasteiger partial charge in [0.15, 0.2) is 0 Å². The number of benzene rings is 1. The Morgan fingerprint density at radius 1 is 1.16 bits per heavy atom. The van der Waals surface area contributed by atoms with E-state index in [0.717, 1.165) is 30.8 Å². The van der Waals surface area contributed by atoms with Gasteiger partial charge >= 0.3 is 5.97 Å². The van der Waals surface area contributed by atoms with E-state index in [1.165, 1.54) is 6.92 Å². The van der Waals surface area contributed by atoms with E-state index in [0.29, 0.717) is 6.42 Å².